The van der Waals surface area contributed by atoms with E-state index in [1.54, 1.807) is 16.2 Å². The Bertz CT molecular complexity index is 849. The Morgan fingerprint density at radius 3 is 2.00 bits per heavy atom. The monoisotopic (exact) mass is 498 g/mol. The first-order chi connectivity index (χ1) is 17.0. The van der Waals surface area contributed by atoms with Crippen LogP contribution in [0.15, 0.2) is 41.8 Å². The maximum absolute atomic E-state index is 13.4. The molecule has 2 aromatic rings. The number of amides is 2. The topological polar surface area (TPSA) is 40.6 Å². The van der Waals surface area contributed by atoms with Crippen LogP contribution in [0.2, 0.25) is 0 Å². The number of thiophene rings is 1. The molecule has 0 saturated carbocycles. The standard InChI is InChI=1S/C30H46N2O2S/c1-4-6-7-8-9-10-11-12-16-19-29(33)31(21-5-2)25-30(34)32(23-27-17-14-13-15-18-27)24-28-26(3)20-22-35-28/h13-15,17-18,20,22H,4-12,16,19,21,23-25H2,1-3H3. The van der Waals surface area contributed by atoms with Gasteiger partial charge in [0.15, 0.2) is 0 Å². The van der Waals surface area contributed by atoms with Crippen molar-refractivity contribution in [3.05, 3.63) is 57.8 Å². The lowest BCUT2D eigenvalue weighted by atomic mass is 10.1. The number of hydrogen-bond acceptors (Lipinski definition) is 3. The molecule has 194 valence electrons. The van der Waals surface area contributed by atoms with Crippen molar-refractivity contribution in [1.82, 2.24) is 9.80 Å². The van der Waals surface area contributed by atoms with Gasteiger partial charge in [0.05, 0.1) is 13.1 Å². The molecule has 1 heterocycles. The van der Waals surface area contributed by atoms with Gasteiger partial charge in [0.2, 0.25) is 11.8 Å². The fraction of sp³-hybridized carbons (Fsp3) is 0.600. The third-order valence-electron chi connectivity index (χ3n) is 6.54. The Hall–Kier alpha value is -2.14. The molecule has 2 rings (SSSR count). The van der Waals surface area contributed by atoms with Crippen LogP contribution in [-0.2, 0) is 22.7 Å². The van der Waals surface area contributed by atoms with Crippen LogP contribution in [0.1, 0.15) is 100 Å². The Kier molecular flexibility index (Phi) is 14.4. The predicted molar refractivity (Wildman–Crippen MR) is 148 cm³/mol. The minimum Gasteiger partial charge on any atom is -0.333 e. The number of aryl methyl sites for hydroxylation is 1. The van der Waals surface area contributed by atoms with E-state index in [0.717, 1.165) is 24.8 Å². The Balaban J connectivity index is 1.88. The zero-order chi connectivity index (χ0) is 25.3. The second-order valence-electron chi connectivity index (χ2n) is 9.66. The molecular weight excluding hydrogens is 452 g/mol. The number of benzene rings is 1. The van der Waals surface area contributed by atoms with Crippen molar-refractivity contribution < 1.29 is 9.59 Å². The lowest BCUT2D eigenvalue weighted by Gasteiger charge is -2.28. The molecule has 0 atom stereocenters. The van der Waals surface area contributed by atoms with E-state index >= 15 is 0 Å². The van der Waals surface area contributed by atoms with Gasteiger partial charge in [-0.2, -0.15) is 0 Å². The van der Waals surface area contributed by atoms with Crippen molar-refractivity contribution in [1.29, 1.82) is 0 Å². The van der Waals surface area contributed by atoms with Crippen molar-refractivity contribution in [2.75, 3.05) is 13.1 Å². The molecule has 4 nitrogen and oxygen atoms in total. The van der Waals surface area contributed by atoms with Crippen molar-refractivity contribution in [2.45, 2.75) is 104 Å². The summed E-state index contributed by atoms with van der Waals surface area (Å²) < 4.78 is 0. The number of unbranched alkanes of at least 4 members (excludes halogenated alkanes) is 8. The number of carbonyl (C=O) groups is 2. The molecule has 5 heteroatoms. The third kappa shape index (κ3) is 11.4. The highest BCUT2D eigenvalue weighted by atomic mass is 32.1. The number of hydrogen-bond donors (Lipinski definition) is 0. The summed E-state index contributed by atoms with van der Waals surface area (Å²) in [6.45, 7) is 8.36. The van der Waals surface area contributed by atoms with E-state index in [2.05, 4.69) is 44.4 Å². The first-order valence-electron chi connectivity index (χ1n) is 13.7. The fourth-order valence-electron chi connectivity index (χ4n) is 4.35. The Morgan fingerprint density at radius 1 is 0.743 bits per heavy atom. The summed E-state index contributed by atoms with van der Waals surface area (Å²) in [5.41, 5.74) is 2.32. The summed E-state index contributed by atoms with van der Waals surface area (Å²) >= 11 is 1.69. The highest BCUT2D eigenvalue weighted by Crippen LogP contribution is 2.20. The van der Waals surface area contributed by atoms with Gasteiger partial charge in [-0.1, -0.05) is 95.5 Å². The SMILES string of the molecule is CCCCCCCCCCCC(=O)N(CCC)CC(=O)N(Cc1ccccc1)Cc1sccc1C. The van der Waals surface area contributed by atoms with Crippen LogP contribution in [-0.4, -0.2) is 34.7 Å². The van der Waals surface area contributed by atoms with E-state index in [9.17, 15) is 9.59 Å². The molecule has 0 N–H and O–H groups in total. The number of nitrogens with zero attached hydrogens (tertiary/aromatic N) is 2. The van der Waals surface area contributed by atoms with Gasteiger partial charge in [0, 0.05) is 24.4 Å². The van der Waals surface area contributed by atoms with E-state index in [1.807, 2.05) is 23.1 Å². The van der Waals surface area contributed by atoms with Crippen LogP contribution in [0.5, 0.6) is 0 Å². The van der Waals surface area contributed by atoms with Crippen LogP contribution >= 0.6 is 11.3 Å². The van der Waals surface area contributed by atoms with Gasteiger partial charge >= 0.3 is 0 Å². The largest absolute Gasteiger partial charge is 0.333 e. The van der Waals surface area contributed by atoms with Crippen molar-refractivity contribution >= 4 is 23.2 Å². The summed E-state index contributed by atoms with van der Waals surface area (Å²) in [4.78, 5) is 31.3. The van der Waals surface area contributed by atoms with Gasteiger partial charge in [0.1, 0.15) is 0 Å². The molecule has 1 aromatic carbocycles. The Morgan fingerprint density at radius 2 is 1.40 bits per heavy atom. The molecule has 0 aliphatic carbocycles. The molecule has 0 bridgehead atoms. The van der Waals surface area contributed by atoms with E-state index in [-0.39, 0.29) is 18.4 Å². The Labute approximate surface area is 217 Å². The summed E-state index contributed by atoms with van der Waals surface area (Å²) in [6.07, 6.45) is 12.5. The minimum atomic E-state index is 0.0236. The van der Waals surface area contributed by atoms with Crippen LogP contribution < -0.4 is 0 Å². The smallest absolute Gasteiger partial charge is 0.242 e. The van der Waals surface area contributed by atoms with Crippen LogP contribution in [0.25, 0.3) is 0 Å². The van der Waals surface area contributed by atoms with Gasteiger partial charge in [-0.3, -0.25) is 9.59 Å². The summed E-state index contributed by atoms with van der Waals surface area (Å²) in [5.74, 6) is 0.144. The number of carbonyl (C=O) groups excluding carboxylic acids is 2. The van der Waals surface area contributed by atoms with E-state index in [0.29, 0.717) is 26.1 Å². The zero-order valence-corrected chi connectivity index (χ0v) is 23.1. The van der Waals surface area contributed by atoms with Gasteiger partial charge in [-0.25, -0.2) is 0 Å². The predicted octanol–water partition coefficient (Wildman–Crippen LogP) is 7.74. The highest BCUT2D eigenvalue weighted by molar-refractivity contribution is 7.10. The third-order valence-corrected chi connectivity index (χ3v) is 7.55. The van der Waals surface area contributed by atoms with Crippen LogP contribution in [0.4, 0.5) is 0 Å². The fourth-order valence-corrected chi connectivity index (χ4v) is 5.27. The van der Waals surface area contributed by atoms with Gasteiger partial charge in [-0.05, 0) is 42.3 Å². The van der Waals surface area contributed by atoms with E-state index < -0.39 is 0 Å². The van der Waals surface area contributed by atoms with E-state index in [1.165, 1.54) is 55.4 Å². The molecule has 2 amide bonds. The van der Waals surface area contributed by atoms with E-state index in [4.69, 9.17) is 0 Å². The maximum atomic E-state index is 13.4. The number of rotatable bonds is 18. The minimum absolute atomic E-state index is 0.0236. The van der Waals surface area contributed by atoms with Crippen LogP contribution in [0.3, 0.4) is 0 Å². The molecule has 0 aliphatic rings. The van der Waals surface area contributed by atoms with Crippen molar-refractivity contribution in [3.8, 4) is 0 Å². The van der Waals surface area contributed by atoms with Crippen LogP contribution in [0, 0.1) is 6.92 Å². The summed E-state index contributed by atoms with van der Waals surface area (Å²) in [7, 11) is 0. The molecule has 0 radical (unpaired) electrons. The first kappa shape index (κ1) is 29.1. The molecule has 0 aliphatic heterocycles. The zero-order valence-electron chi connectivity index (χ0n) is 22.3. The average Bonchev–Trinajstić information content (AvgIpc) is 3.27. The lowest BCUT2D eigenvalue weighted by Crippen LogP contribution is -2.42. The molecule has 35 heavy (non-hydrogen) atoms. The summed E-state index contributed by atoms with van der Waals surface area (Å²) in [5, 5.41) is 2.08. The molecule has 0 spiro atoms. The lowest BCUT2D eigenvalue weighted by molar-refractivity contribution is -0.141. The van der Waals surface area contributed by atoms with Gasteiger partial charge < -0.3 is 9.80 Å². The summed E-state index contributed by atoms with van der Waals surface area (Å²) in [6, 6.07) is 12.2. The second kappa shape index (κ2) is 17.3. The first-order valence-corrected chi connectivity index (χ1v) is 14.6. The molecule has 0 fully saturated rings. The maximum Gasteiger partial charge on any atom is 0.242 e. The average molecular weight is 499 g/mol. The van der Waals surface area contributed by atoms with Crippen molar-refractivity contribution in [3.63, 3.8) is 0 Å². The highest BCUT2D eigenvalue weighted by Gasteiger charge is 2.22. The van der Waals surface area contributed by atoms with Gasteiger partial charge in [0.25, 0.3) is 0 Å². The molecule has 1 aromatic heterocycles. The van der Waals surface area contributed by atoms with Crippen molar-refractivity contribution in [2.24, 2.45) is 0 Å². The quantitative estimate of drug-likeness (QED) is 0.197. The normalized spacial score (nSPS) is 10.9. The van der Waals surface area contributed by atoms with Gasteiger partial charge in [-0.15, -0.1) is 11.3 Å². The molecule has 0 unspecified atom stereocenters. The molecule has 0 saturated heterocycles. The second-order valence-corrected chi connectivity index (χ2v) is 10.7. The molecular formula is C30H46N2O2S.